The first-order valence-corrected chi connectivity index (χ1v) is 8.86. The molecule has 0 spiro atoms. The number of hydrogen-bond donors (Lipinski definition) is 0. The number of carbonyl (C=O) groups excluding carboxylic acids is 1. The van der Waals surface area contributed by atoms with Gasteiger partial charge in [0.1, 0.15) is 0 Å². The number of nitrogens with zero attached hydrogens (tertiary/aromatic N) is 2. The Morgan fingerprint density at radius 2 is 1.73 bits per heavy atom. The highest BCUT2D eigenvalue weighted by Gasteiger charge is 2.25. The van der Waals surface area contributed by atoms with Crippen LogP contribution in [0.4, 0.5) is 0 Å². The van der Waals surface area contributed by atoms with E-state index >= 15 is 0 Å². The number of likely N-dealkylation sites (tertiary alicyclic amines) is 1. The first-order valence-electron chi connectivity index (χ1n) is 8.07. The lowest BCUT2D eigenvalue weighted by atomic mass is 9.95. The van der Waals surface area contributed by atoms with Crippen LogP contribution in [-0.2, 0) is 4.74 Å². The molecule has 0 radical (unpaired) electrons. The van der Waals surface area contributed by atoms with Gasteiger partial charge in [0.25, 0.3) is 5.91 Å². The highest BCUT2D eigenvalue weighted by atomic mass is 79.9. The molecular weight excluding hydrogens is 344 g/mol. The average molecular weight is 367 g/mol. The third-order valence-electron chi connectivity index (χ3n) is 4.61. The van der Waals surface area contributed by atoms with E-state index < -0.39 is 0 Å². The largest absolute Gasteiger partial charge is 0.379 e. The standard InChI is InChI=1S/C17H23BrN2O2/c18-16-3-1-15(2-4-16)17(21)20-7-5-14(6-8-20)13-19-9-11-22-12-10-19/h1-4,14H,5-13H2. The van der Waals surface area contributed by atoms with Gasteiger partial charge in [-0.2, -0.15) is 0 Å². The normalized spacial score (nSPS) is 21.0. The van der Waals surface area contributed by atoms with Crippen molar-refractivity contribution in [2.45, 2.75) is 12.8 Å². The van der Waals surface area contributed by atoms with Gasteiger partial charge in [-0.25, -0.2) is 0 Å². The summed E-state index contributed by atoms with van der Waals surface area (Å²) in [6.07, 6.45) is 2.22. The third kappa shape index (κ3) is 4.09. The highest BCUT2D eigenvalue weighted by Crippen LogP contribution is 2.21. The second-order valence-electron chi connectivity index (χ2n) is 6.16. The SMILES string of the molecule is O=C(c1ccc(Br)cc1)N1CCC(CN2CCOCC2)CC1. The van der Waals surface area contributed by atoms with Crippen LogP contribution in [0.1, 0.15) is 23.2 Å². The lowest BCUT2D eigenvalue weighted by molar-refractivity contribution is 0.0243. The Kier molecular flexibility index (Phi) is 5.50. The molecular formula is C17H23BrN2O2. The van der Waals surface area contributed by atoms with E-state index in [1.165, 1.54) is 0 Å². The van der Waals surface area contributed by atoms with Crippen molar-refractivity contribution in [1.29, 1.82) is 0 Å². The summed E-state index contributed by atoms with van der Waals surface area (Å²) >= 11 is 3.41. The second kappa shape index (κ2) is 7.57. The molecule has 0 aliphatic carbocycles. The monoisotopic (exact) mass is 366 g/mol. The van der Waals surface area contributed by atoms with Crippen LogP contribution in [0, 0.1) is 5.92 Å². The molecule has 0 bridgehead atoms. The molecule has 0 atom stereocenters. The molecule has 4 nitrogen and oxygen atoms in total. The van der Waals surface area contributed by atoms with Crippen LogP contribution in [0.15, 0.2) is 28.7 Å². The Bertz CT molecular complexity index is 492. The first kappa shape index (κ1) is 16.0. The predicted octanol–water partition coefficient (Wildman–Crippen LogP) is 2.63. The molecule has 2 heterocycles. The summed E-state index contributed by atoms with van der Waals surface area (Å²) in [4.78, 5) is 17.0. The van der Waals surface area contributed by atoms with Crippen molar-refractivity contribution in [1.82, 2.24) is 9.80 Å². The maximum atomic E-state index is 12.5. The van der Waals surface area contributed by atoms with Gasteiger partial charge in [0.15, 0.2) is 0 Å². The van der Waals surface area contributed by atoms with Crippen molar-refractivity contribution in [3.05, 3.63) is 34.3 Å². The van der Waals surface area contributed by atoms with Crippen LogP contribution < -0.4 is 0 Å². The number of rotatable bonds is 3. The van der Waals surface area contributed by atoms with E-state index in [1.807, 2.05) is 29.2 Å². The molecule has 2 aliphatic heterocycles. The van der Waals surface area contributed by atoms with Gasteiger partial charge < -0.3 is 9.64 Å². The van der Waals surface area contributed by atoms with Crippen LogP contribution in [0.25, 0.3) is 0 Å². The maximum absolute atomic E-state index is 12.5. The summed E-state index contributed by atoms with van der Waals surface area (Å²) < 4.78 is 6.40. The molecule has 1 aromatic carbocycles. The average Bonchev–Trinajstić information content (AvgIpc) is 2.57. The molecule has 0 unspecified atom stereocenters. The summed E-state index contributed by atoms with van der Waals surface area (Å²) in [6, 6.07) is 7.65. The number of amides is 1. The van der Waals surface area contributed by atoms with Gasteiger partial charge in [-0.3, -0.25) is 9.69 Å². The number of piperidine rings is 1. The van der Waals surface area contributed by atoms with E-state index in [2.05, 4.69) is 20.8 Å². The molecule has 0 aromatic heterocycles. The van der Waals surface area contributed by atoms with Crippen LogP contribution in [-0.4, -0.2) is 61.6 Å². The van der Waals surface area contributed by atoms with Gasteiger partial charge in [-0.15, -0.1) is 0 Å². The summed E-state index contributed by atoms with van der Waals surface area (Å²) in [5.74, 6) is 0.879. The van der Waals surface area contributed by atoms with Crippen LogP contribution >= 0.6 is 15.9 Å². The molecule has 2 aliphatic rings. The lowest BCUT2D eigenvalue weighted by Gasteiger charge is -2.36. The Hall–Kier alpha value is -0.910. The van der Waals surface area contributed by atoms with E-state index in [0.717, 1.165) is 68.8 Å². The lowest BCUT2D eigenvalue weighted by Crippen LogP contribution is -2.44. The van der Waals surface area contributed by atoms with Gasteiger partial charge >= 0.3 is 0 Å². The number of halogens is 1. The minimum atomic E-state index is 0.164. The summed E-state index contributed by atoms with van der Waals surface area (Å²) in [5.41, 5.74) is 0.787. The smallest absolute Gasteiger partial charge is 0.253 e. The molecule has 3 rings (SSSR count). The summed E-state index contributed by atoms with van der Waals surface area (Å²) in [5, 5.41) is 0. The molecule has 2 saturated heterocycles. The van der Waals surface area contributed by atoms with Crippen LogP contribution in [0.5, 0.6) is 0 Å². The zero-order chi connectivity index (χ0) is 15.4. The number of benzene rings is 1. The zero-order valence-electron chi connectivity index (χ0n) is 12.8. The van der Waals surface area contributed by atoms with Crippen molar-refractivity contribution in [2.75, 3.05) is 45.9 Å². The Morgan fingerprint density at radius 3 is 2.36 bits per heavy atom. The van der Waals surface area contributed by atoms with E-state index in [0.29, 0.717) is 5.92 Å². The molecule has 0 N–H and O–H groups in total. The van der Waals surface area contributed by atoms with Crippen molar-refractivity contribution in [3.63, 3.8) is 0 Å². The Morgan fingerprint density at radius 1 is 1.09 bits per heavy atom. The first-order chi connectivity index (χ1) is 10.7. The minimum Gasteiger partial charge on any atom is -0.379 e. The maximum Gasteiger partial charge on any atom is 0.253 e. The minimum absolute atomic E-state index is 0.164. The van der Waals surface area contributed by atoms with Gasteiger partial charge in [0.05, 0.1) is 13.2 Å². The van der Waals surface area contributed by atoms with E-state index in [-0.39, 0.29) is 5.91 Å². The van der Waals surface area contributed by atoms with Crippen molar-refractivity contribution < 1.29 is 9.53 Å². The Labute approximate surface area is 140 Å². The summed E-state index contributed by atoms with van der Waals surface area (Å²) in [6.45, 7) is 6.75. The topological polar surface area (TPSA) is 32.8 Å². The zero-order valence-corrected chi connectivity index (χ0v) is 14.4. The fraction of sp³-hybridized carbons (Fsp3) is 0.588. The van der Waals surface area contributed by atoms with E-state index in [9.17, 15) is 4.79 Å². The molecule has 1 amide bonds. The van der Waals surface area contributed by atoms with Crippen molar-refractivity contribution in [2.24, 2.45) is 5.92 Å². The van der Waals surface area contributed by atoms with Crippen molar-refractivity contribution >= 4 is 21.8 Å². The van der Waals surface area contributed by atoms with E-state index in [1.54, 1.807) is 0 Å². The van der Waals surface area contributed by atoms with Gasteiger partial charge in [-0.05, 0) is 43.0 Å². The molecule has 0 saturated carbocycles. The number of hydrogen-bond acceptors (Lipinski definition) is 3. The quantitative estimate of drug-likeness (QED) is 0.824. The molecule has 1 aromatic rings. The number of morpholine rings is 1. The van der Waals surface area contributed by atoms with Gasteiger partial charge in [0, 0.05) is 42.8 Å². The number of carbonyl (C=O) groups is 1. The highest BCUT2D eigenvalue weighted by molar-refractivity contribution is 9.10. The number of ether oxygens (including phenoxy) is 1. The van der Waals surface area contributed by atoms with Crippen molar-refractivity contribution in [3.8, 4) is 0 Å². The molecule has 5 heteroatoms. The fourth-order valence-electron chi connectivity index (χ4n) is 3.24. The molecule has 2 fully saturated rings. The second-order valence-corrected chi connectivity index (χ2v) is 7.07. The van der Waals surface area contributed by atoms with Crippen LogP contribution in [0.2, 0.25) is 0 Å². The third-order valence-corrected chi connectivity index (χ3v) is 5.14. The van der Waals surface area contributed by atoms with Gasteiger partial charge in [-0.1, -0.05) is 15.9 Å². The molecule has 22 heavy (non-hydrogen) atoms. The van der Waals surface area contributed by atoms with Crippen LogP contribution in [0.3, 0.4) is 0 Å². The van der Waals surface area contributed by atoms with E-state index in [4.69, 9.17) is 4.74 Å². The fourth-order valence-corrected chi connectivity index (χ4v) is 3.51. The Balaban J connectivity index is 1.48. The summed E-state index contributed by atoms with van der Waals surface area (Å²) in [7, 11) is 0. The predicted molar refractivity (Wildman–Crippen MR) is 90.0 cm³/mol. The molecule has 120 valence electrons. The van der Waals surface area contributed by atoms with Gasteiger partial charge in [0.2, 0.25) is 0 Å².